The topological polar surface area (TPSA) is 54.5 Å². The molecule has 0 aromatic heterocycles. The second-order valence-electron chi connectivity index (χ2n) is 5.20. The number of hydrogen-bond acceptors (Lipinski definition) is 3. The highest BCUT2D eigenvalue weighted by atomic mass is 35.5. The summed E-state index contributed by atoms with van der Waals surface area (Å²) in [5.41, 5.74) is -0.486. The molecule has 2 aromatic carbocycles. The van der Waals surface area contributed by atoms with Crippen molar-refractivity contribution in [3.05, 3.63) is 71.3 Å². The van der Waals surface area contributed by atoms with Crippen molar-refractivity contribution in [3.63, 3.8) is 0 Å². The molecule has 5 heteroatoms. The number of halogens is 1. The molecule has 0 N–H and O–H groups in total. The molecule has 0 fully saturated rings. The summed E-state index contributed by atoms with van der Waals surface area (Å²) in [6.07, 6.45) is 0. The van der Waals surface area contributed by atoms with E-state index in [1.165, 1.54) is 6.92 Å². The quantitative estimate of drug-likeness (QED) is 0.646. The fourth-order valence-electron chi connectivity index (χ4n) is 2.69. The second kappa shape index (κ2) is 5.07. The molecule has 2 amide bonds. The summed E-state index contributed by atoms with van der Waals surface area (Å²) in [5.74, 6) is -1.03. The van der Waals surface area contributed by atoms with E-state index in [2.05, 4.69) is 0 Å². The zero-order valence-electron chi connectivity index (χ0n) is 11.7. The monoisotopic (exact) mass is 313 g/mol. The van der Waals surface area contributed by atoms with E-state index in [9.17, 15) is 14.4 Å². The Kier molecular flexibility index (Phi) is 3.34. The van der Waals surface area contributed by atoms with Crippen LogP contribution in [-0.4, -0.2) is 22.0 Å². The van der Waals surface area contributed by atoms with E-state index >= 15 is 0 Å². The van der Waals surface area contributed by atoms with Gasteiger partial charge in [0.25, 0.3) is 17.1 Å². The lowest BCUT2D eigenvalue weighted by atomic mass is 9.91. The van der Waals surface area contributed by atoms with Crippen LogP contribution in [-0.2, 0) is 10.3 Å². The van der Waals surface area contributed by atoms with Crippen LogP contribution in [0.15, 0.2) is 54.6 Å². The molecule has 110 valence electrons. The van der Waals surface area contributed by atoms with Crippen LogP contribution in [0.4, 0.5) is 0 Å². The van der Waals surface area contributed by atoms with Crippen molar-refractivity contribution < 1.29 is 14.4 Å². The van der Waals surface area contributed by atoms with E-state index in [1.54, 1.807) is 54.6 Å². The summed E-state index contributed by atoms with van der Waals surface area (Å²) in [6.45, 7) is 1.49. The van der Waals surface area contributed by atoms with Gasteiger partial charge in [-0.25, -0.2) is 0 Å². The Bertz CT molecular complexity index is 753. The third kappa shape index (κ3) is 1.88. The van der Waals surface area contributed by atoms with Crippen LogP contribution in [0.3, 0.4) is 0 Å². The molecule has 1 atom stereocenters. The molecule has 0 aliphatic carbocycles. The molecule has 1 aliphatic rings. The molecular weight excluding hydrogens is 302 g/mol. The highest BCUT2D eigenvalue weighted by Gasteiger charge is 2.51. The average molecular weight is 314 g/mol. The molecule has 4 nitrogen and oxygen atoms in total. The van der Waals surface area contributed by atoms with Crippen LogP contribution < -0.4 is 0 Å². The summed E-state index contributed by atoms with van der Waals surface area (Å²) >= 11 is 5.79. The Labute approximate surface area is 132 Å². The van der Waals surface area contributed by atoms with Crippen molar-refractivity contribution >= 4 is 28.7 Å². The minimum atomic E-state index is -1.55. The van der Waals surface area contributed by atoms with Crippen LogP contribution in [0, 0.1) is 0 Å². The molecule has 3 rings (SSSR count). The molecule has 0 radical (unpaired) electrons. The van der Waals surface area contributed by atoms with Crippen molar-refractivity contribution in [3.8, 4) is 0 Å². The third-order valence-electron chi connectivity index (χ3n) is 3.96. The Morgan fingerprint density at radius 3 is 1.82 bits per heavy atom. The van der Waals surface area contributed by atoms with Crippen LogP contribution >= 0.6 is 11.6 Å². The number of imide groups is 1. The lowest BCUT2D eigenvalue weighted by Crippen LogP contribution is -2.51. The number of rotatable bonds is 3. The van der Waals surface area contributed by atoms with Crippen LogP contribution in [0.2, 0.25) is 0 Å². The minimum Gasteiger partial charge on any atom is -0.278 e. The molecular formula is C17H12ClNO3. The van der Waals surface area contributed by atoms with E-state index in [0.29, 0.717) is 5.56 Å². The maximum Gasteiger partial charge on any atom is 0.262 e. The average Bonchev–Trinajstić information content (AvgIpc) is 2.79. The first-order valence-corrected chi connectivity index (χ1v) is 7.09. The molecule has 22 heavy (non-hydrogen) atoms. The first-order valence-electron chi connectivity index (χ1n) is 6.71. The summed E-state index contributed by atoms with van der Waals surface area (Å²) in [5, 5.41) is -0.784. The molecule has 0 spiro atoms. The van der Waals surface area contributed by atoms with E-state index in [0.717, 1.165) is 4.90 Å². The summed E-state index contributed by atoms with van der Waals surface area (Å²) in [7, 11) is 0. The van der Waals surface area contributed by atoms with Gasteiger partial charge in [0, 0.05) is 0 Å². The van der Waals surface area contributed by atoms with Gasteiger partial charge in [-0.15, -0.1) is 0 Å². The predicted octanol–water partition coefficient (Wildman–Crippen LogP) is 2.96. The number of carbonyl (C=O) groups excluding carboxylic acids is 3. The fraction of sp³-hybridized carbons (Fsp3) is 0.118. The van der Waals surface area contributed by atoms with Gasteiger partial charge < -0.3 is 0 Å². The molecule has 0 saturated heterocycles. The summed E-state index contributed by atoms with van der Waals surface area (Å²) in [4.78, 5) is 38.3. The highest BCUT2D eigenvalue weighted by molar-refractivity contribution is 6.65. The van der Waals surface area contributed by atoms with Crippen molar-refractivity contribution in [1.82, 2.24) is 4.90 Å². The third-order valence-corrected chi connectivity index (χ3v) is 4.33. The maximum atomic E-state index is 12.6. The summed E-state index contributed by atoms with van der Waals surface area (Å²) in [6, 6.07) is 15.1. The van der Waals surface area contributed by atoms with Gasteiger partial charge in [0.2, 0.25) is 0 Å². The largest absolute Gasteiger partial charge is 0.278 e. The Morgan fingerprint density at radius 2 is 1.36 bits per heavy atom. The lowest BCUT2D eigenvalue weighted by Gasteiger charge is -2.34. The summed E-state index contributed by atoms with van der Waals surface area (Å²) < 4.78 is 0. The lowest BCUT2D eigenvalue weighted by molar-refractivity contribution is -0.120. The number of nitrogens with zero attached hydrogens (tertiary/aromatic N) is 1. The fourth-order valence-corrected chi connectivity index (χ4v) is 2.88. The normalized spacial score (nSPS) is 16.4. The predicted molar refractivity (Wildman–Crippen MR) is 81.6 cm³/mol. The van der Waals surface area contributed by atoms with Gasteiger partial charge in [-0.2, -0.15) is 0 Å². The van der Waals surface area contributed by atoms with Crippen molar-refractivity contribution in [2.24, 2.45) is 0 Å². The molecule has 1 aliphatic heterocycles. The first kappa shape index (κ1) is 14.5. The Hall–Kier alpha value is -2.46. The van der Waals surface area contributed by atoms with Crippen molar-refractivity contribution in [1.29, 1.82) is 0 Å². The Balaban J connectivity index is 2.19. The number of hydrogen-bond donors (Lipinski definition) is 0. The SMILES string of the molecule is CC(C(=O)Cl)(c1ccccc1)N1C(=O)c2ccccc2C1=O. The standard InChI is InChI=1S/C17H12ClNO3/c1-17(16(18)22,11-7-3-2-4-8-11)19-14(20)12-9-5-6-10-13(12)15(19)21/h2-10H,1H3. The van der Waals surface area contributed by atoms with Crippen molar-refractivity contribution in [2.75, 3.05) is 0 Å². The van der Waals surface area contributed by atoms with E-state index in [1.807, 2.05) is 0 Å². The van der Waals surface area contributed by atoms with E-state index < -0.39 is 22.6 Å². The maximum absolute atomic E-state index is 12.6. The van der Waals surface area contributed by atoms with Gasteiger partial charge in [0.1, 0.15) is 5.54 Å². The van der Waals surface area contributed by atoms with Gasteiger partial charge in [0.05, 0.1) is 11.1 Å². The second-order valence-corrected chi connectivity index (χ2v) is 5.55. The molecule has 1 unspecified atom stereocenters. The van der Waals surface area contributed by atoms with E-state index in [4.69, 9.17) is 11.6 Å². The van der Waals surface area contributed by atoms with Crippen LogP contribution in [0.1, 0.15) is 33.2 Å². The number of amides is 2. The van der Waals surface area contributed by atoms with Gasteiger partial charge in [-0.3, -0.25) is 19.3 Å². The first-order chi connectivity index (χ1) is 10.5. The number of fused-ring (bicyclic) bond motifs is 1. The minimum absolute atomic E-state index is 0.285. The van der Waals surface area contributed by atoms with Gasteiger partial charge in [-0.1, -0.05) is 42.5 Å². The van der Waals surface area contributed by atoms with E-state index in [-0.39, 0.29) is 11.1 Å². The van der Waals surface area contributed by atoms with Gasteiger partial charge in [0.15, 0.2) is 0 Å². The molecule has 0 bridgehead atoms. The smallest absolute Gasteiger partial charge is 0.262 e. The van der Waals surface area contributed by atoms with Gasteiger partial charge in [-0.05, 0) is 36.2 Å². The zero-order valence-corrected chi connectivity index (χ0v) is 12.5. The van der Waals surface area contributed by atoms with Crippen molar-refractivity contribution in [2.45, 2.75) is 12.5 Å². The number of benzene rings is 2. The van der Waals surface area contributed by atoms with Crippen LogP contribution in [0.25, 0.3) is 0 Å². The number of carbonyl (C=O) groups is 3. The molecule has 2 aromatic rings. The zero-order chi connectivity index (χ0) is 15.9. The highest BCUT2D eigenvalue weighted by Crippen LogP contribution is 2.37. The Morgan fingerprint density at radius 1 is 0.909 bits per heavy atom. The molecule has 1 heterocycles. The van der Waals surface area contributed by atoms with Gasteiger partial charge >= 0.3 is 0 Å². The van der Waals surface area contributed by atoms with Crippen LogP contribution in [0.5, 0.6) is 0 Å². The molecule has 0 saturated carbocycles.